The quantitative estimate of drug-likeness (QED) is 0.356. The molecule has 0 spiro atoms. The molecule has 2 fully saturated rings. The summed E-state index contributed by atoms with van der Waals surface area (Å²) in [6.07, 6.45) is 7.96. The molecular formula is C31H46N2O8. The number of carbonyl (C=O) groups excluding carboxylic acids is 1. The molecule has 1 aromatic rings. The largest absolute Gasteiger partial charge is 0.459 e. The van der Waals surface area contributed by atoms with E-state index in [0.29, 0.717) is 57.0 Å². The number of carbonyl (C=O) groups is 1. The Kier molecular flexibility index (Phi) is 11.2. The fraction of sp³-hybridized carbons (Fsp3) is 0.710. The number of allylic oxidation sites excluding steroid dienone is 1. The summed E-state index contributed by atoms with van der Waals surface area (Å²) in [5.41, 5.74) is 1.02. The summed E-state index contributed by atoms with van der Waals surface area (Å²) in [5, 5.41) is 8.88. The van der Waals surface area contributed by atoms with Gasteiger partial charge in [0.05, 0.1) is 26.4 Å². The lowest BCUT2D eigenvalue weighted by Gasteiger charge is -2.41. The number of rotatable bonds is 13. The molecule has 0 saturated carbocycles. The van der Waals surface area contributed by atoms with Crippen molar-refractivity contribution in [3.8, 4) is 11.5 Å². The highest BCUT2D eigenvalue weighted by Gasteiger charge is 2.40. The van der Waals surface area contributed by atoms with Gasteiger partial charge in [-0.2, -0.15) is 0 Å². The van der Waals surface area contributed by atoms with Gasteiger partial charge in [-0.3, -0.25) is 4.79 Å². The minimum Gasteiger partial charge on any atom is -0.459 e. The summed E-state index contributed by atoms with van der Waals surface area (Å²) in [7, 11) is 0. The molecular weight excluding hydrogens is 528 g/mol. The number of amides is 1. The molecule has 0 bridgehead atoms. The van der Waals surface area contributed by atoms with Crippen LogP contribution in [-0.4, -0.2) is 106 Å². The van der Waals surface area contributed by atoms with E-state index in [1.165, 1.54) is 32.4 Å². The summed E-state index contributed by atoms with van der Waals surface area (Å²) in [6.45, 7) is 8.11. The SMILES string of the molecule is CCO[C@@H]1OC(C(=O)N2CCC(N3CCCCC3)CC2)=C[C@H](c2ccc3c(c2)OCO3)[C@@H]1CCOCCOCCO. The Hall–Kier alpha value is -2.37. The van der Waals surface area contributed by atoms with Crippen molar-refractivity contribution in [3.05, 3.63) is 35.6 Å². The Morgan fingerprint density at radius 2 is 1.73 bits per heavy atom. The molecule has 0 aromatic heterocycles. The molecule has 41 heavy (non-hydrogen) atoms. The van der Waals surface area contributed by atoms with Crippen LogP contribution in [0.1, 0.15) is 56.9 Å². The van der Waals surface area contributed by atoms with Crippen LogP contribution >= 0.6 is 0 Å². The number of piperidine rings is 2. The van der Waals surface area contributed by atoms with Gasteiger partial charge in [-0.25, -0.2) is 0 Å². The van der Waals surface area contributed by atoms with Gasteiger partial charge in [0.15, 0.2) is 17.3 Å². The average Bonchev–Trinajstić information content (AvgIpc) is 3.49. The van der Waals surface area contributed by atoms with Gasteiger partial charge in [0.2, 0.25) is 13.1 Å². The van der Waals surface area contributed by atoms with Crippen molar-refractivity contribution in [2.75, 3.05) is 72.6 Å². The van der Waals surface area contributed by atoms with Crippen molar-refractivity contribution in [1.29, 1.82) is 0 Å². The summed E-state index contributed by atoms with van der Waals surface area (Å²) in [5.74, 6) is 1.52. The highest BCUT2D eigenvalue weighted by molar-refractivity contribution is 5.92. The topological polar surface area (TPSA) is 99.2 Å². The molecule has 4 aliphatic heterocycles. The van der Waals surface area contributed by atoms with Crippen molar-refractivity contribution in [1.82, 2.24) is 9.80 Å². The minimum absolute atomic E-state index is 0.00347. The fourth-order valence-electron chi connectivity index (χ4n) is 6.41. The van der Waals surface area contributed by atoms with Crippen LogP contribution in [0, 0.1) is 5.92 Å². The highest BCUT2D eigenvalue weighted by atomic mass is 16.7. The van der Waals surface area contributed by atoms with Crippen LogP contribution in [0.15, 0.2) is 30.0 Å². The minimum atomic E-state index is -0.584. The van der Waals surface area contributed by atoms with E-state index in [-0.39, 0.29) is 31.1 Å². The zero-order valence-corrected chi connectivity index (χ0v) is 24.3. The van der Waals surface area contributed by atoms with E-state index in [4.69, 9.17) is 33.5 Å². The maximum atomic E-state index is 13.8. The first kappa shape index (κ1) is 30.1. The van der Waals surface area contributed by atoms with E-state index in [9.17, 15) is 4.79 Å². The number of nitrogens with zero attached hydrogens (tertiary/aromatic N) is 2. The zero-order valence-electron chi connectivity index (χ0n) is 24.3. The Bertz CT molecular complexity index is 1010. The monoisotopic (exact) mass is 574 g/mol. The van der Waals surface area contributed by atoms with E-state index in [1.807, 2.05) is 36.1 Å². The second-order valence-electron chi connectivity index (χ2n) is 11.1. The van der Waals surface area contributed by atoms with E-state index in [1.54, 1.807) is 0 Å². The van der Waals surface area contributed by atoms with Crippen molar-refractivity contribution in [3.63, 3.8) is 0 Å². The van der Waals surface area contributed by atoms with E-state index in [0.717, 1.165) is 37.2 Å². The van der Waals surface area contributed by atoms with E-state index < -0.39 is 6.29 Å². The Morgan fingerprint density at radius 1 is 0.976 bits per heavy atom. The predicted molar refractivity (Wildman–Crippen MR) is 152 cm³/mol. The third kappa shape index (κ3) is 7.73. The van der Waals surface area contributed by atoms with Gasteiger partial charge in [-0.05, 0) is 75.9 Å². The standard InChI is InChI=1S/C31H46N2O8/c1-2-38-31-25(10-16-36-18-19-37-17-15-34)26(23-6-7-27-28(20-23)40-22-39-27)21-29(41-31)30(35)33-13-8-24(9-14-33)32-11-4-3-5-12-32/h6-7,20-21,24-26,31,34H,2-5,8-19,22H2,1H3/t25-,26+,31+/m0/s1. The average molecular weight is 575 g/mol. The molecule has 0 unspecified atom stereocenters. The Morgan fingerprint density at radius 3 is 2.49 bits per heavy atom. The first-order valence-corrected chi connectivity index (χ1v) is 15.4. The number of ether oxygens (including phenoxy) is 6. The Labute approximate surface area is 243 Å². The van der Waals surface area contributed by atoms with Gasteiger partial charge in [0.25, 0.3) is 5.91 Å². The maximum absolute atomic E-state index is 13.8. The van der Waals surface area contributed by atoms with Crippen LogP contribution in [0.5, 0.6) is 11.5 Å². The van der Waals surface area contributed by atoms with E-state index in [2.05, 4.69) is 4.90 Å². The van der Waals surface area contributed by atoms with Crippen LogP contribution in [0.4, 0.5) is 0 Å². The van der Waals surface area contributed by atoms with Crippen molar-refractivity contribution in [2.24, 2.45) is 5.92 Å². The van der Waals surface area contributed by atoms with Crippen molar-refractivity contribution in [2.45, 2.75) is 63.7 Å². The van der Waals surface area contributed by atoms with Crippen LogP contribution < -0.4 is 9.47 Å². The molecule has 10 nitrogen and oxygen atoms in total. The fourth-order valence-corrected chi connectivity index (χ4v) is 6.41. The van der Waals surface area contributed by atoms with Crippen LogP contribution in [0.3, 0.4) is 0 Å². The van der Waals surface area contributed by atoms with E-state index >= 15 is 0 Å². The number of benzene rings is 1. The first-order chi connectivity index (χ1) is 20.2. The first-order valence-electron chi connectivity index (χ1n) is 15.4. The normalized spacial score (nSPS) is 25.2. The van der Waals surface area contributed by atoms with Gasteiger partial charge < -0.3 is 43.3 Å². The molecule has 4 aliphatic rings. The number of aliphatic hydroxyl groups excluding tert-OH is 1. The summed E-state index contributed by atoms with van der Waals surface area (Å²) >= 11 is 0. The van der Waals surface area contributed by atoms with Gasteiger partial charge in [-0.15, -0.1) is 0 Å². The predicted octanol–water partition coefficient (Wildman–Crippen LogP) is 3.28. The third-order valence-corrected chi connectivity index (χ3v) is 8.57. The molecule has 3 atom stereocenters. The molecule has 0 radical (unpaired) electrons. The second kappa shape index (κ2) is 15.2. The lowest BCUT2D eigenvalue weighted by Crippen LogP contribution is -2.49. The summed E-state index contributed by atoms with van der Waals surface area (Å²) in [4.78, 5) is 18.4. The number of hydrogen-bond donors (Lipinski definition) is 1. The zero-order chi connectivity index (χ0) is 28.4. The molecule has 1 aromatic carbocycles. The number of aliphatic hydroxyl groups is 1. The smallest absolute Gasteiger partial charge is 0.288 e. The highest BCUT2D eigenvalue weighted by Crippen LogP contribution is 2.43. The maximum Gasteiger partial charge on any atom is 0.288 e. The van der Waals surface area contributed by atoms with Crippen LogP contribution in [-0.2, 0) is 23.7 Å². The summed E-state index contributed by atoms with van der Waals surface area (Å²) < 4.78 is 34.8. The van der Waals surface area contributed by atoms with Gasteiger partial charge in [-0.1, -0.05) is 12.5 Å². The van der Waals surface area contributed by atoms with Gasteiger partial charge in [0, 0.05) is 44.2 Å². The van der Waals surface area contributed by atoms with Crippen molar-refractivity contribution >= 4 is 5.91 Å². The van der Waals surface area contributed by atoms with Gasteiger partial charge >= 0.3 is 0 Å². The van der Waals surface area contributed by atoms with Crippen molar-refractivity contribution < 1.29 is 38.3 Å². The lowest BCUT2D eigenvalue weighted by atomic mass is 9.81. The molecule has 1 N–H and O–H groups in total. The molecule has 2 saturated heterocycles. The van der Waals surface area contributed by atoms with Crippen LogP contribution in [0.2, 0.25) is 0 Å². The van der Waals surface area contributed by atoms with Gasteiger partial charge in [0.1, 0.15) is 0 Å². The third-order valence-electron chi connectivity index (χ3n) is 8.57. The molecule has 0 aliphatic carbocycles. The second-order valence-corrected chi connectivity index (χ2v) is 11.1. The number of likely N-dealkylation sites (tertiary alicyclic amines) is 2. The number of hydrogen-bond acceptors (Lipinski definition) is 9. The molecule has 1 amide bonds. The van der Waals surface area contributed by atoms with Crippen LogP contribution in [0.25, 0.3) is 0 Å². The number of fused-ring (bicyclic) bond motifs is 1. The molecule has 4 heterocycles. The summed E-state index contributed by atoms with van der Waals surface area (Å²) in [6, 6.07) is 6.53. The molecule has 10 heteroatoms. The Balaban J connectivity index is 1.30. The molecule has 5 rings (SSSR count). The molecule has 228 valence electrons. The lowest BCUT2D eigenvalue weighted by molar-refractivity contribution is -0.172.